The molecule has 21 heavy (non-hydrogen) atoms. The fourth-order valence-electron chi connectivity index (χ4n) is 1.53. The molecule has 2 rings (SSSR count). The average Bonchev–Trinajstić information content (AvgIpc) is 2.42. The van der Waals surface area contributed by atoms with Gasteiger partial charge in [0.15, 0.2) is 5.69 Å². The third-order valence-corrected chi connectivity index (χ3v) is 2.45. The van der Waals surface area contributed by atoms with Crippen LogP contribution in [0.15, 0.2) is 40.1 Å². The second-order valence-corrected chi connectivity index (χ2v) is 4.00. The number of H-pyrrole nitrogens is 1. The Hall–Kier alpha value is -3.23. The first-order valence-corrected chi connectivity index (χ1v) is 5.75. The summed E-state index contributed by atoms with van der Waals surface area (Å²) in [6, 6.07) is 5.24. The second kappa shape index (κ2) is 5.82. The Morgan fingerprint density at radius 2 is 2.05 bits per heavy atom. The van der Waals surface area contributed by atoms with Gasteiger partial charge in [-0.2, -0.15) is 0 Å². The lowest BCUT2D eigenvalue weighted by Gasteiger charge is -2.06. The van der Waals surface area contributed by atoms with E-state index in [-0.39, 0.29) is 18.1 Å². The van der Waals surface area contributed by atoms with Crippen LogP contribution in [0.1, 0.15) is 10.5 Å². The van der Waals surface area contributed by atoms with Gasteiger partial charge in [0.1, 0.15) is 12.4 Å². The van der Waals surface area contributed by atoms with Crippen LogP contribution in [0.2, 0.25) is 0 Å². The third kappa shape index (κ3) is 3.62. The number of hydrogen-bond acceptors (Lipinski definition) is 5. The van der Waals surface area contributed by atoms with Gasteiger partial charge in [0.05, 0.1) is 0 Å². The maximum atomic E-state index is 11.7. The van der Waals surface area contributed by atoms with Gasteiger partial charge in [-0.15, -0.1) is 0 Å². The molecular formula is C12H10N4O5. The van der Waals surface area contributed by atoms with E-state index in [9.17, 15) is 19.2 Å². The Balaban J connectivity index is 2.11. The number of anilines is 1. The van der Waals surface area contributed by atoms with Gasteiger partial charge in [-0.3, -0.25) is 19.1 Å². The lowest BCUT2D eigenvalue weighted by molar-refractivity contribution is -0.116. The summed E-state index contributed by atoms with van der Waals surface area (Å²) in [5, 5.41) is 11.1. The Morgan fingerprint density at radius 1 is 1.29 bits per heavy atom. The molecule has 0 aliphatic rings. The number of carbonyl (C=O) groups is 2. The van der Waals surface area contributed by atoms with Crippen molar-refractivity contribution in [2.45, 2.75) is 6.54 Å². The highest BCUT2D eigenvalue weighted by atomic mass is 16.4. The molecular weight excluding hydrogens is 280 g/mol. The van der Waals surface area contributed by atoms with Crippen molar-refractivity contribution in [3.05, 3.63) is 57.0 Å². The third-order valence-electron chi connectivity index (χ3n) is 2.45. The Bertz CT molecular complexity index is 808. The van der Waals surface area contributed by atoms with Crippen molar-refractivity contribution in [3.63, 3.8) is 0 Å². The zero-order valence-electron chi connectivity index (χ0n) is 10.6. The molecule has 0 fully saturated rings. The highest BCUT2D eigenvalue weighted by Gasteiger charge is 2.09. The molecule has 0 spiro atoms. The van der Waals surface area contributed by atoms with Gasteiger partial charge >= 0.3 is 11.7 Å². The van der Waals surface area contributed by atoms with Crippen molar-refractivity contribution in [1.29, 1.82) is 0 Å². The van der Waals surface area contributed by atoms with Crippen molar-refractivity contribution in [1.82, 2.24) is 14.5 Å². The molecule has 108 valence electrons. The first-order chi connectivity index (χ1) is 9.95. The van der Waals surface area contributed by atoms with Crippen LogP contribution in [0.5, 0.6) is 0 Å². The molecule has 0 aromatic carbocycles. The summed E-state index contributed by atoms with van der Waals surface area (Å²) in [6.07, 6.45) is 1.18. The topological polar surface area (TPSA) is 134 Å². The lowest BCUT2D eigenvalue weighted by atomic mass is 10.3. The smallest absolute Gasteiger partial charge is 0.354 e. The minimum atomic E-state index is -1.22. The molecule has 9 nitrogen and oxygen atoms in total. The number of carboxylic acid groups (broad SMARTS) is 1. The highest BCUT2D eigenvalue weighted by molar-refractivity contribution is 5.91. The number of aromatic carboxylic acids is 1. The second-order valence-electron chi connectivity index (χ2n) is 4.00. The SMILES string of the molecule is O=C(Cn1ccc(=O)[nH]c1=O)Nc1cccc(C(=O)O)n1. The number of nitrogens with zero attached hydrogens (tertiary/aromatic N) is 2. The van der Waals surface area contributed by atoms with Crippen LogP contribution in [0, 0.1) is 0 Å². The molecule has 0 aliphatic carbocycles. The van der Waals surface area contributed by atoms with Crippen LogP contribution >= 0.6 is 0 Å². The maximum Gasteiger partial charge on any atom is 0.354 e. The van der Waals surface area contributed by atoms with Gasteiger partial charge in [-0.05, 0) is 12.1 Å². The summed E-state index contributed by atoms with van der Waals surface area (Å²) >= 11 is 0. The fraction of sp³-hybridized carbons (Fsp3) is 0.0833. The summed E-state index contributed by atoms with van der Waals surface area (Å²) in [5.74, 6) is -1.75. The molecule has 3 N–H and O–H groups in total. The van der Waals surface area contributed by atoms with Gasteiger partial charge in [-0.1, -0.05) is 6.07 Å². The first-order valence-electron chi connectivity index (χ1n) is 5.75. The number of nitrogens with one attached hydrogen (secondary N) is 2. The molecule has 0 saturated heterocycles. The van der Waals surface area contributed by atoms with Crippen molar-refractivity contribution in [2.24, 2.45) is 0 Å². The molecule has 2 heterocycles. The van der Waals surface area contributed by atoms with E-state index in [2.05, 4.69) is 10.3 Å². The molecule has 0 unspecified atom stereocenters. The van der Waals surface area contributed by atoms with E-state index < -0.39 is 23.1 Å². The number of rotatable bonds is 4. The summed E-state index contributed by atoms with van der Waals surface area (Å²) in [7, 11) is 0. The Labute approximate surface area is 116 Å². The fourth-order valence-corrected chi connectivity index (χ4v) is 1.53. The first kappa shape index (κ1) is 14.2. The number of carbonyl (C=O) groups excluding carboxylic acids is 1. The van der Waals surface area contributed by atoms with Crippen LogP contribution in [-0.4, -0.2) is 31.5 Å². The Morgan fingerprint density at radius 3 is 2.71 bits per heavy atom. The molecule has 2 aromatic rings. The van der Waals surface area contributed by atoms with E-state index >= 15 is 0 Å². The molecule has 0 aliphatic heterocycles. The van der Waals surface area contributed by atoms with Gasteiger partial charge in [0.25, 0.3) is 5.56 Å². The highest BCUT2D eigenvalue weighted by Crippen LogP contribution is 2.04. The normalized spacial score (nSPS) is 10.1. The van der Waals surface area contributed by atoms with E-state index in [1.807, 2.05) is 4.98 Å². The molecule has 9 heteroatoms. The standard InChI is InChI=1S/C12H10N4O5/c17-9-4-5-16(12(21)15-9)6-10(18)14-8-3-1-2-7(13-8)11(19)20/h1-5H,6H2,(H,19,20)(H,13,14,18)(H,15,17,21). The molecule has 0 atom stereocenters. The number of carboxylic acids is 1. The molecule has 0 saturated carbocycles. The van der Waals surface area contributed by atoms with Crippen LogP contribution < -0.4 is 16.6 Å². The van der Waals surface area contributed by atoms with Gasteiger partial charge in [-0.25, -0.2) is 14.6 Å². The van der Waals surface area contributed by atoms with Gasteiger partial charge in [0.2, 0.25) is 5.91 Å². The summed E-state index contributed by atoms with van der Waals surface area (Å²) in [6.45, 7) is -0.339. The predicted molar refractivity (Wildman–Crippen MR) is 71.1 cm³/mol. The molecule has 0 radical (unpaired) electrons. The van der Waals surface area contributed by atoms with Crippen molar-refractivity contribution >= 4 is 17.7 Å². The molecule has 2 aromatic heterocycles. The Kier molecular flexibility index (Phi) is 3.93. The van der Waals surface area contributed by atoms with E-state index in [0.29, 0.717) is 0 Å². The maximum absolute atomic E-state index is 11.7. The zero-order chi connectivity index (χ0) is 15.4. The zero-order valence-corrected chi connectivity index (χ0v) is 10.6. The number of amides is 1. The van der Waals surface area contributed by atoms with Crippen LogP contribution in [0.4, 0.5) is 5.82 Å². The largest absolute Gasteiger partial charge is 0.477 e. The van der Waals surface area contributed by atoms with Gasteiger partial charge in [0, 0.05) is 12.3 Å². The number of aromatic nitrogens is 3. The number of aromatic amines is 1. The van der Waals surface area contributed by atoms with Crippen molar-refractivity contribution in [2.75, 3.05) is 5.32 Å². The average molecular weight is 290 g/mol. The quantitative estimate of drug-likeness (QED) is 0.679. The van der Waals surface area contributed by atoms with Gasteiger partial charge < -0.3 is 10.4 Å². The molecule has 1 amide bonds. The van der Waals surface area contributed by atoms with Crippen LogP contribution in [0.3, 0.4) is 0 Å². The number of hydrogen-bond donors (Lipinski definition) is 3. The van der Waals surface area contributed by atoms with E-state index in [0.717, 1.165) is 10.6 Å². The minimum absolute atomic E-state index is 0.0531. The summed E-state index contributed by atoms with van der Waals surface area (Å²) in [5.41, 5.74) is -1.49. The van der Waals surface area contributed by atoms with E-state index in [1.54, 1.807) is 0 Å². The van der Waals surface area contributed by atoms with E-state index in [1.165, 1.54) is 24.4 Å². The monoisotopic (exact) mass is 290 g/mol. The lowest BCUT2D eigenvalue weighted by Crippen LogP contribution is -2.32. The summed E-state index contributed by atoms with van der Waals surface area (Å²) in [4.78, 5) is 50.5. The summed E-state index contributed by atoms with van der Waals surface area (Å²) < 4.78 is 0.998. The van der Waals surface area contributed by atoms with E-state index in [4.69, 9.17) is 5.11 Å². The predicted octanol–water partition coefficient (Wildman–Crippen LogP) is -0.732. The molecule has 0 bridgehead atoms. The number of pyridine rings is 1. The van der Waals surface area contributed by atoms with Crippen molar-refractivity contribution < 1.29 is 14.7 Å². The van der Waals surface area contributed by atoms with Crippen molar-refractivity contribution in [3.8, 4) is 0 Å². The minimum Gasteiger partial charge on any atom is -0.477 e. The van der Waals surface area contributed by atoms with Crippen LogP contribution in [-0.2, 0) is 11.3 Å². The van der Waals surface area contributed by atoms with Crippen LogP contribution in [0.25, 0.3) is 0 Å².